The lowest BCUT2D eigenvalue weighted by molar-refractivity contribution is -0.384. The highest BCUT2D eigenvalue weighted by Gasteiger charge is 2.15. The van der Waals surface area contributed by atoms with Crippen LogP contribution in [0.4, 0.5) is 11.4 Å². The minimum absolute atomic E-state index is 0.0311. The van der Waals surface area contributed by atoms with Crippen molar-refractivity contribution in [3.05, 3.63) is 44.9 Å². The molecule has 4 nitrogen and oxygen atoms in total. The fourth-order valence-corrected chi connectivity index (χ4v) is 1.67. The van der Waals surface area contributed by atoms with Gasteiger partial charge >= 0.3 is 0 Å². The van der Waals surface area contributed by atoms with Crippen LogP contribution in [0, 0.1) is 10.1 Å². The van der Waals surface area contributed by atoms with Crippen molar-refractivity contribution in [3.8, 4) is 0 Å². The molecular weight excluding hydrogens is 251 g/mol. The molecule has 0 saturated heterocycles. The fraction of sp³-hybridized carbons (Fsp3) is 0.200. The number of anilines is 1. The molecule has 0 fully saturated rings. The number of rotatable bonds is 4. The highest BCUT2D eigenvalue weighted by Crippen LogP contribution is 2.35. The van der Waals surface area contributed by atoms with E-state index in [2.05, 4.69) is 11.9 Å². The van der Waals surface area contributed by atoms with E-state index in [0.717, 1.165) is 0 Å². The zero-order valence-electron chi connectivity index (χ0n) is 8.54. The summed E-state index contributed by atoms with van der Waals surface area (Å²) in [4.78, 5) is 10.0. The van der Waals surface area contributed by atoms with E-state index in [1.54, 1.807) is 6.08 Å². The summed E-state index contributed by atoms with van der Waals surface area (Å²) < 4.78 is 0. The van der Waals surface area contributed by atoms with E-state index < -0.39 is 4.92 Å². The number of nitro benzene ring substituents is 1. The van der Waals surface area contributed by atoms with E-state index in [-0.39, 0.29) is 21.8 Å². The van der Waals surface area contributed by atoms with Crippen LogP contribution >= 0.6 is 23.2 Å². The van der Waals surface area contributed by atoms with Gasteiger partial charge in [-0.3, -0.25) is 10.1 Å². The highest BCUT2D eigenvalue weighted by atomic mass is 35.5. The molecule has 1 atom stereocenters. The first-order valence-corrected chi connectivity index (χ1v) is 5.23. The van der Waals surface area contributed by atoms with Gasteiger partial charge in [0.1, 0.15) is 0 Å². The van der Waals surface area contributed by atoms with Crippen LogP contribution in [0.5, 0.6) is 0 Å². The zero-order valence-corrected chi connectivity index (χ0v) is 10.0. The molecule has 0 aromatic heterocycles. The Kier molecular flexibility index (Phi) is 4.15. The zero-order chi connectivity index (χ0) is 12.3. The summed E-state index contributed by atoms with van der Waals surface area (Å²) in [5.74, 6) is 0. The van der Waals surface area contributed by atoms with Gasteiger partial charge in [0.15, 0.2) is 0 Å². The summed E-state index contributed by atoms with van der Waals surface area (Å²) in [6.07, 6.45) is 1.67. The SMILES string of the molecule is C=CC(C)Nc1c(Cl)cc([N+](=O)[O-])cc1Cl. The van der Waals surface area contributed by atoms with Gasteiger partial charge < -0.3 is 5.32 Å². The molecule has 0 bridgehead atoms. The molecule has 0 spiro atoms. The largest absolute Gasteiger partial charge is 0.377 e. The lowest BCUT2D eigenvalue weighted by Crippen LogP contribution is -2.12. The monoisotopic (exact) mass is 260 g/mol. The minimum Gasteiger partial charge on any atom is -0.377 e. The van der Waals surface area contributed by atoms with Crippen molar-refractivity contribution in [3.63, 3.8) is 0 Å². The average molecular weight is 261 g/mol. The molecule has 1 aromatic rings. The van der Waals surface area contributed by atoms with Gasteiger partial charge in [-0.15, -0.1) is 6.58 Å². The van der Waals surface area contributed by atoms with Crippen LogP contribution < -0.4 is 5.32 Å². The number of benzene rings is 1. The van der Waals surface area contributed by atoms with Gasteiger partial charge in [0.2, 0.25) is 0 Å². The predicted octanol–water partition coefficient (Wildman–Crippen LogP) is 3.89. The number of halogens is 2. The molecule has 0 radical (unpaired) electrons. The van der Waals surface area contributed by atoms with Gasteiger partial charge in [-0.05, 0) is 6.92 Å². The normalized spacial score (nSPS) is 11.9. The molecule has 1 N–H and O–H groups in total. The molecule has 1 aromatic carbocycles. The lowest BCUT2D eigenvalue weighted by Gasteiger charge is -2.13. The van der Waals surface area contributed by atoms with Crippen molar-refractivity contribution < 1.29 is 4.92 Å². The first-order chi connectivity index (χ1) is 7.45. The van der Waals surface area contributed by atoms with Gasteiger partial charge in [-0.25, -0.2) is 0 Å². The Hall–Kier alpha value is -1.26. The van der Waals surface area contributed by atoms with Gasteiger partial charge in [0.25, 0.3) is 5.69 Å². The molecule has 0 saturated carbocycles. The van der Waals surface area contributed by atoms with Crippen molar-refractivity contribution in [1.29, 1.82) is 0 Å². The molecule has 0 aliphatic carbocycles. The summed E-state index contributed by atoms with van der Waals surface area (Å²) in [6, 6.07) is 2.48. The Balaban J connectivity index is 3.12. The maximum absolute atomic E-state index is 10.5. The molecule has 0 aliphatic rings. The minimum atomic E-state index is -0.543. The van der Waals surface area contributed by atoms with Gasteiger partial charge in [0, 0.05) is 18.2 Å². The van der Waals surface area contributed by atoms with Crippen LogP contribution in [0.15, 0.2) is 24.8 Å². The third-order valence-electron chi connectivity index (χ3n) is 1.96. The number of nitrogens with zero attached hydrogens (tertiary/aromatic N) is 1. The Labute approximate surface area is 103 Å². The first kappa shape index (κ1) is 12.8. The van der Waals surface area contributed by atoms with E-state index >= 15 is 0 Å². The van der Waals surface area contributed by atoms with Crippen LogP contribution in [0.25, 0.3) is 0 Å². The van der Waals surface area contributed by atoms with E-state index in [1.807, 2.05) is 6.92 Å². The molecule has 86 valence electrons. The van der Waals surface area contributed by atoms with Gasteiger partial charge in [-0.2, -0.15) is 0 Å². The maximum atomic E-state index is 10.5. The Bertz CT molecular complexity index is 412. The average Bonchev–Trinajstić information content (AvgIpc) is 2.22. The van der Waals surface area contributed by atoms with E-state index in [1.165, 1.54) is 12.1 Å². The van der Waals surface area contributed by atoms with Crippen molar-refractivity contribution >= 4 is 34.6 Å². The number of nitro groups is 1. The second-order valence-electron chi connectivity index (χ2n) is 3.21. The lowest BCUT2D eigenvalue weighted by atomic mass is 10.2. The summed E-state index contributed by atoms with van der Waals surface area (Å²) in [6.45, 7) is 5.47. The van der Waals surface area contributed by atoms with E-state index in [4.69, 9.17) is 23.2 Å². The molecule has 1 rings (SSSR count). The molecule has 1 unspecified atom stereocenters. The fourth-order valence-electron chi connectivity index (χ4n) is 1.09. The van der Waals surface area contributed by atoms with Crippen molar-refractivity contribution in [2.45, 2.75) is 13.0 Å². The summed E-state index contributed by atoms with van der Waals surface area (Å²) >= 11 is 11.8. The highest BCUT2D eigenvalue weighted by molar-refractivity contribution is 6.39. The third-order valence-corrected chi connectivity index (χ3v) is 2.56. The number of hydrogen-bond acceptors (Lipinski definition) is 3. The standard InChI is InChI=1S/C10H10Cl2N2O2/c1-3-6(2)13-10-8(11)4-7(14(15)16)5-9(10)12/h3-6,13H,1H2,2H3. The van der Waals surface area contributed by atoms with Crippen molar-refractivity contribution in [2.75, 3.05) is 5.32 Å². The number of nitrogens with one attached hydrogen (secondary N) is 1. The Morgan fingerprint density at radius 1 is 1.50 bits per heavy atom. The summed E-state index contributed by atoms with van der Waals surface area (Å²) in [7, 11) is 0. The van der Waals surface area contributed by atoms with Gasteiger partial charge in [0.05, 0.1) is 20.7 Å². The molecule has 6 heteroatoms. The Morgan fingerprint density at radius 3 is 2.38 bits per heavy atom. The van der Waals surface area contributed by atoms with Gasteiger partial charge in [-0.1, -0.05) is 29.3 Å². The van der Waals surface area contributed by atoms with E-state index in [9.17, 15) is 10.1 Å². The first-order valence-electron chi connectivity index (χ1n) is 4.48. The second-order valence-corrected chi connectivity index (χ2v) is 4.02. The molecule has 0 aliphatic heterocycles. The van der Waals surface area contributed by atoms with Crippen LogP contribution in [-0.2, 0) is 0 Å². The molecular formula is C10H10Cl2N2O2. The Morgan fingerprint density at radius 2 is 2.00 bits per heavy atom. The molecule has 0 heterocycles. The predicted molar refractivity (Wildman–Crippen MR) is 66.4 cm³/mol. The van der Waals surface area contributed by atoms with Crippen LogP contribution in [0.3, 0.4) is 0 Å². The van der Waals surface area contributed by atoms with Crippen molar-refractivity contribution in [1.82, 2.24) is 0 Å². The third kappa shape index (κ3) is 2.87. The van der Waals surface area contributed by atoms with Crippen molar-refractivity contribution in [2.24, 2.45) is 0 Å². The van der Waals surface area contributed by atoms with Crippen LogP contribution in [-0.4, -0.2) is 11.0 Å². The molecule has 0 amide bonds. The van der Waals surface area contributed by atoms with Crippen LogP contribution in [0.1, 0.15) is 6.92 Å². The summed E-state index contributed by atoms with van der Waals surface area (Å²) in [5, 5.41) is 14.0. The topological polar surface area (TPSA) is 55.2 Å². The number of non-ortho nitro benzene ring substituents is 1. The number of hydrogen-bond donors (Lipinski definition) is 1. The van der Waals surface area contributed by atoms with Crippen LogP contribution in [0.2, 0.25) is 10.0 Å². The van der Waals surface area contributed by atoms with E-state index in [0.29, 0.717) is 5.69 Å². The summed E-state index contributed by atoms with van der Waals surface area (Å²) in [5.41, 5.74) is 0.341. The smallest absolute Gasteiger partial charge is 0.272 e. The quantitative estimate of drug-likeness (QED) is 0.508. The maximum Gasteiger partial charge on any atom is 0.272 e. The molecule has 16 heavy (non-hydrogen) atoms. The second kappa shape index (κ2) is 5.18.